The van der Waals surface area contributed by atoms with Crippen LogP contribution in [0.1, 0.15) is 18.4 Å². The molecule has 6 nitrogen and oxygen atoms in total. The molecule has 1 aromatic rings. The van der Waals surface area contributed by atoms with Gasteiger partial charge in [-0.2, -0.15) is 0 Å². The summed E-state index contributed by atoms with van der Waals surface area (Å²) in [6, 6.07) is 8.01. The molecular weight excluding hydrogens is 441 g/mol. The molecule has 0 saturated carbocycles. The Morgan fingerprint density at radius 1 is 1.42 bits per heavy atom. The number of halogens is 1. The highest BCUT2D eigenvalue weighted by Gasteiger charge is 2.28. The Hall–Kier alpha value is -1.03. The van der Waals surface area contributed by atoms with Crippen LogP contribution in [0.15, 0.2) is 29.3 Å². The number of nitrogens with zero attached hydrogens (tertiary/aromatic N) is 1. The van der Waals surface area contributed by atoms with E-state index in [2.05, 4.69) is 21.7 Å². The first kappa shape index (κ1) is 21.0. The zero-order valence-corrected chi connectivity index (χ0v) is 17.3. The van der Waals surface area contributed by atoms with Crippen molar-refractivity contribution in [3.05, 3.63) is 29.8 Å². The zero-order chi connectivity index (χ0) is 16.7. The van der Waals surface area contributed by atoms with Gasteiger partial charge < -0.3 is 15.4 Å². The van der Waals surface area contributed by atoms with Crippen LogP contribution < -0.4 is 15.4 Å². The summed E-state index contributed by atoms with van der Waals surface area (Å²) in [6.45, 7) is 0.774. The Morgan fingerprint density at radius 3 is 2.83 bits per heavy atom. The van der Waals surface area contributed by atoms with Gasteiger partial charge in [-0.25, -0.2) is 8.42 Å². The number of hydrogen-bond acceptors (Lipinski definition) is 4. The van der Waals surface area contributed by atoms with Crippen molar-refractivity contribution in [2.75, 3.05) is 32.2 Å². The third kappa shape index (κ3) is 6.84. The number of sulfone groups is 1. The number of aliphatic imine (C=N–C) groups is 1. The van der Waals surface area contributed by atoms with Crippen molar-refractivity contribution >= 4 is 39.8 Å². The summed E-state index contributed by atoms with van der Waals surface area (Å²) in [5.41, 5.74) is 1.23. The summed E-state index contributed by atoms with van der Waals surface area (Å²) in [7, 11) is 0.487. The Kier molecular flexibility index (Phi) is 8.82. The van der Waals surface area contributed by atoms with Crippen molar-refractivity contribution in [2.24, 2.45) is 4.99 Å². The molecule has 24 heavy (non-hydrogen) atoms. The number of aryl methyl sites for hydroxylation is 1. The van der Waals surface area contributed by atoms with E-state index in [9.17, 15) is 8.42 Å². The van der Waals surface area contributed by atoms with Crippen molar-refractivity contribution in [2.45, 2.75) is 25.3 Å². The summed E-state index contributed by atoms with van der Waals surface area (Å²) in [5, 5.41) is 6.41. The number of methoxy groups -OCH3 is 1. The Bertz CT molecular complexity index is 650. The lowest BCUT2D eigenvalue weighted by atomic mass is 10.1. The van der Waals surface area contributed by atoms with E-state index in [-0.39, 0.29) is 41.5 Å². The molecule has 0 aromatic heterocycles. The van der Waals surface area contributed by atoms with Gasteiger partial charge in [-0.15, -0.1) is 24.0 Å². The maximum Gasteiger partial charge on any atom is 0.191 e. The van der Waals surface area contributed by atoms with Crippen LogP contribution in [-0.4, -0.2) is 52.6 Å². The van der Waals surface area contributed by atoms with Gasteiger partial charge in [-0.05, 0) is 37.0 Å². The third-order valence-electron chi connectivity index (χ3n) is 3.87. The van der Waals surface area contributed by atoms with Crippen molar-refractivity contribution in [1.82, 2.24) is 10.6 Å². The van der Waals surface area contributed by atoms with Crippen LogP contribution in [0.3, 0.4) is 0 Å². The van der Waals surface area contributed by atoms with Gasteiger partial charge in [-0.1, -0.05) is 12.1 Å². The monoisotopic (exact) mass is 467 g/mol. The second-order valence-corrected chi connectivity index (χ2v) is 7.93. The van der Waals surface area contributed by atoms with Crippen LogP contribution in [0, 0.1) is 0 Å². The second kappa shape index (κ2) is 10.1. The molecule has 0 aliphatic carbocycles. The number of nitrogens with one attached hydrogen (secondary N) is 2. The quantitative estimate of drug-likeness (QED) is 0.288. The highest BCUT2D eigenvalue weighted by molar-refractivity contribution is 14.0. The minimum Gasteiger partial charge on any atom is -0.497 e. The summed E-state index contributed by atoms with van der Waals surface area (Å²) in [4.78, 5) is 4.15. The number of hydrogen-bond donors (Lipinski definition) is 2. The lowest BCUT2D eigenvalue weighted by molar-refractivity contribution is 0.414. The Labute approximate surface area is 161 Å². The minimum absolute atomic E-state index is 0. The third-order valence-corrected chi connectivity index (χ3v) is 5.63. The Balaban J connectivity index is 0.00000288. The van der Waals surface area contributed by atoms with Crippen molar-refractivity contribution in [1.29, 1.82) is 0 Å². The van der Waals surface area contributed by atoms with Crippen molar-refractivity contribution in [3.63, 3.8) is 0 Å². The average Bonchev–Trinajstić information content (AvgIpc) is 2.89. The predicted octanol–water partition coefficient (Wildman–Crippen LogP) is 1.60. The van der Waals surface area contributed by atoms with Crippen LogP contribution in [0.25, 0.3) is 0 Å². The summed E-state index contributed by atoms with van der Waals surface area (Å²) in [6.07, 6.45) is 2.54. The lowest BCUT2D eigenvalue weighted by Gasteiger charge is -2.16. The first-order valence-electron chi connectivity index (χ1n) is 7.83. The molecule has 0 spiro atoms. The maximum absolute atomic E-state index is 11.5. The minimum atomic E-state index is -2.87. The zero-order valence-electron chi connectivity index (χ0n) is 14.1. The van der Waals surface area contributed by atoms with Crippen LogP contribution in [0.2, 0.25) is 0 Å². The standard InChI is InChI=1S/C16H25N3O3S.HI/c1-17-16(19-14-8-10-23(20,21)12-14)18-9-4-6-13-5-3-7-15(11-13)22-2;/h3,5,7,11,14H,4,6,8-10,12H2,1-2H3,(H2,17,18,19);1H. The van der Waals surface area contributed by atoms with Gasteiger partial charge in [-0.3, -0.25) is 4.99 Å². The van der Waals surface area contributed by atoms with Gasteiger partial charge in [0.2, 0.25) is 0 Å². The first-order valence-corrected chi connectivity index (χ1v) is 9.65. The van der Waals surface area contributed by atoms with Gasteiger partial charge in [0.1, 0.15) is 5.75 Å². The van der Waals surface area contributed by atoms with Crippen LogP contribution in [0.4, 0.5) is 0 Å². The highest BCUT2D eigenvalue weighted by atomic mass is 127. The summed E-state index contributed by atoms with van der Waals surface area (Å²) >= 11 is 0. The van der Waals surface area contributed by atoms with Gasteiger partial charge in [0.25, 0.3) is 0 Å². The molecular formula is C16H26IN3O3S. The number of ether oxygens (including phenoxy) is 1. The van der Waals surface area contributed by atoms with E-state index in [0.29, 0.717) is 12.4 Å². The van der Waals surface area contributed by atoms with Crippen LogP contribution in [-0.2, 0) is 16.3 Å². The molecule has 1 heterocycles. The molecule has 1 atom stereocenters. The lowest BCUT2D eigenvalue weighted by Crippen LogP contribution is -2.44. The Morgan fingerprint density at radius 2 is 2.21 bits per heavy atom. The van der Waals surface area contributed by atoms with Crippen molar-refractivity contribution < 1.29 is 13.2 Å². The van der Waals surface area contributed by atoms with E-state index in [1.807, 2.05) is 18.2 Å². The van der Waals surface area contributed by atoms with Gasteiger partial charge in [0.15, 0.2) is 15.8 Å². The summed E-state index contributed by atoms with van der Waals surface area (Å²) in [5.74, 6) is 1.99. The predicted molar refractivity (Wildman–Crippen MR) is 108 cm³/mol. The van der Waals surface area contributed by atoms with Crippen LogP contribution in [0.5, 0.6) is 5.75 Å². The summed E-state index contributed by atoms with van der Waals surface area (Å²) < 4.78 is 28.2. The molecule has 1 fully saturated rings. The molecule has 1 saturated heterocycles. The molecule has 0 bridgehead atoms. The molecule has 2 rings (SSSR count). The van der Waals surface area contributed by atoms with Crippen molar-refractivity contribution in [3.8, 4) is 5.75 Å². The normalized spacial score (nSPS) is 19.4. The number of guanidine groups is 1. The largest absolute Gasteiger partial charge is 0.497 e. The molecule has 0 amide bonds. The van der Waals surface area contributed by atoms with E-state index in [1.54, 1.807) is 14.2 Å². The molecule has 8 heteroatoms. The van der Waals surface area contributed by atoms with E-state index in [1.165, 1.54) is 5.56 Å². The fraction of sp³-hybridized carbons (Fsp3) is 0.562. The molecule has 1 aliphatic heterocycles. The number of benzene rings is 1. The molecule has 1 unspecified atom stereocenters. The molecule has 136 valence electrons. The second-order valence-electron chi connectivity index (χ2n) is 5.70. The average molecular weight is 467 g/mol. The molecule has 1 aromatic carbocycles. The first-order chi connectivity index (χ1) is 11.0. The van der Waals surface area contributed by atoms with E-state index < -0.39 is 9.84 Å². The fourth-order valence-electron chi connectivity index (χ4n) is 2.62. The van der Waals surface area contributed by atoms with Gasteiger partial charge in [0, 0.05) is 19.6 Å². The molecule has 1 aliphatic rings. The van der Waals surface area contributed by atoms with Crippen LogP contribution >= 0.6 is 24.0 Å². The maximum atomic E-state index is 11.5. The molecule has 0 radical (unpaired) electrons. The SMILES string of the molecule is CN=C(NCCCc1cccc(OC)c1)NC1CCS(=O)(=O)C1.I. The van der Waals surface area contributed by atoms with E-state index in [0.717, 1.165) is 25.1 Å². The highest BCUT2D eigenvalue weighted by Crippen LogP contribution is 2.13. The molecule has 2 N–H and O–H groups in total. The topological polar surface area (TPSA) is 79.8 Å². The fourth-order valence-corrected chi connectivity index (χ4v) is 4.30. The smallest absolute Gasteiger partial charge is 0.191 e. The van der Waals surface area contributed by atoms with E-state index >= 15 is 0 Å². The van der Waals surface area contributed by atoms with E-state index in [4.69, 9.17) is 4.74 Å². The van der Waals surface area contributed by atoms with Gasteiger partial charge in [0.05, 0.1) is 18.6 Å². The number of rotatable bonds is 6. The van der Waals surface area contributed by atoms with Gasteiger partial charge >= 0.3 is 0 Å².